The van der Waals surface area contributed by atoms with Crippen molar-refractivity contribution in [3.05, 3.63) is 54.4 Å². The van der Waals surface area contributed by atoms with Gasteiger partial charge in [-0.15, -0.1) is 0 Å². The summed E-state index contributed by atoms with van der Waals surface area (Å²) in [5.41, 5.74) is 3.40. The number of H-pyrrole nitrogens is 1. The Kier molecular flexibility index (Phi) is 3.01. The smallest absolute Gasteiger partial charge is 0.328 e. The second-order valence-electron chi connectivity index (χ2n) is 4.28. The molecule has 2 N–H and O–H groups in total. The van der Waals surface area contributed by atoms with Crippen LogP contribution in [0.1, 0.15) is 5.56 Å². The van der Waals surface area contributed by atoms with E-state index in [-0.39, 0.29) is 0 Å². The van der Waals surface area contributed by atoms with E-state index in [4.69, 9.17) is 5.11 Å². The van der Waals surface area contributed by atoms with Crippen LogP contribution in [-0.4, -0.2) is 26.0 Å². The van der Waals surface area contributed by atoms with Gasteiger partial charge in [-0.25, -0.2) is 9.78 Å². The van der Waals surface area contributed by atoms with E-state index in [1.807, 2.05) is 30.3 Å². The number of carboxylic acid groups (broad SMARTS) is 1. The maximum atomic E-state index is 10.5. The maximum absolute atomic E-state index is 10.5. The maximum Gasteiger partial charge on any atom is 0.328 e. The quantitative estimate of drug-likeness (QED) is 0.714. The number of nitrogens with one attached hydrogen (secondary N) is 1. The fourth-order valence-corrected chi connectivity index (χ4v) is 1.94. The highest BCUT2D eigenvalue weighted by Gasteiger charge is 2.05. The molecular formula is C15H11N3O2. The Morgan fingerprint density at radius 1 is 1.30 bits per heavy atom. The predicted molar refractivity (Wildman–Crippen MR) is 76.0 cm³/mol. The summed E-state index contributed by atoms with van der Waals surface area (Å²) in [6.45, 7) is 0. The molecule has 0 saturated carbocycles. The minimum atomic E-state index is -0.967. The molecule has 0 radical (unpaired) electrons. The number of hydrogen-bond donors (Lipinski definition) is 2. The highest BCUT2D eigenvalue weighted by Crippen LogP contribution is 2.20. The van der Waals surface area contributed by atoms with Crippen molar-refractivity contribution in [1.29, 1.82) is 0 Å². The van der Waals surface area contributed by atoms with Gasteiger partial charge < -0.3 is 10.1 Å². The molecule has 0 fully saturated rings. The summed E-state index contributed by atoms with van der Waals surface area (Å²) >= 11 is 0. The van der Waals surface area contributed by atoms with Crippen molar-refractivity contribution >= 4 is 23.1 Å². The standard InChI is InChI=1S/C15H11N3O2/c19-14(20)6-4-10-3-5-12-13(8-10)18-15(17-12)11-2-1-7-16-9-11/h1-9H,(H,17,18)(H,19,20)/b6-4+. The van der Waals surface area contributed by atoms with Crippen molar-refractivity contribution in [1.82, 2.24) is 15.0 Å². The Morgan fingerprint density at radius 2 is 2.20 bits per heavy atom. The van der Waals surface area contributed by atoms with E-state index in [0.29, 0.717) is 0 Å². The Morgan fingerprint density at radius 3 is 2.95 bits per heavy atom. The van der Waals surface area contributed by atoms with Crippen LogP contribution in [0, 0.1) is 0 Å². The fourth-order valence-electron chi connectivity index (χ4n) is 1.94. The molecular weight excluding hydrogens is 254 g/mol. The van der Waals surface area contributed by atoms with Gasteiger partial charge in [0.25, 0.3) is 0 Å². The van der Waals surface area contributed by atoms with E-state index in [2.05, 4.69) is 15.0 Å². The molecule has 3 rings (SSSR count). The molecule has 20 heavy (non-hydrogen) atoms. The molecule has 0 aliphatic carbocycles. The second kappa shape index (κ2) is 4.97. The number of aromatic nitrogens is 3. The summed E-state index contributed by atoms with van der Waals surface area (Å²) in [5, 5.41) is 8.63. The molecule has 2 aromatic heterocycles. The molecule has 98 valence electrons. The number of carbonyl (C=O) groups is 1. The first-order valence-electron chi connectivity index (χ1n) is 6.03. The minimum absolute atomic E-state index is 0.743. The number of rotatable bonds is 3. The second-order valence-corrected chi connectivity index (χ2v) is 4.28. The number of fused-ring (bicyclic) bond motifs is 1. The molecule has 1 aromatic carbocycles. The van der Waals surface area contributed by atoms with Gasteiger partial charge in [-0.3, -0.25) is 4.98 Å². The van der Waals surface area contributed by atoms with Crippen LogP contribution in [0.15, 0.2) is 48.8 Å². The Bertz CT molecular complexity index is 791. The average Bonchev–Trinajstić information content (AvgIpc) is 2.89. The van der Waals surface area contributed by atoms with Crippen molar-refractivity contribution in [3.8, 4) is 11.4 Å². The normalized spacial score (nSPS) is 11.2. The third-order valence-electron chi connectivity index (χ3n) is 2.86. The summed E-state index contributed by atoms with van der Waals surface area (Å²) in [6, 6.07) is 9.32. The third kappa shape index (κ3) is 2.42. The van der Waals surface area contributed by atoms with Crippen LogP contribution in [0.2, 0.25) is 0 Å². The first-order valence-corrected chi connectivity index (χ1v) is 6.03. The lowest BCUT2D eigenvalue weighted by Gasteiger charge is -1.93. The van der Waals surface area contributed by atoms with Gasteiger partial charge in [0.15, 0.2) is 0 Å². The lowest BCUT2D eigenvalue weighted by Crippen LogP contribution is -1.85. The molecule has 0 amide bonds. The van der Waals surface area contributed by atoms with Gasteiger partial charge in [-0.05, 0) is 35.9 Å². The highest BCUT2D eigenvalue weighted by molar-refractivity contribution is 5.87. The zero-order valence-corrected chi connectivity index (χ0v) is 10.4. The van der Waals surface area contributed by atoms with Crippen molar-refractivity contribution < 1.29 is 9.90 Å². The first kappa shape index (κ1) is 12.1. The molecule has 3 aromatic rings. The van der Waals surface area contributed by atoms with Gasteiger partial charge in [0, 0.05) is 24.0 Å². The van der Waals surface area contributed by atoms with E-state index in [1.54, 1.807) is 18.5 Å². The molecule has 5 heteroatoms. The summed E-state index contributed by atoms with van der Waals surface area (Å²) in [7, 11) is 0. The molecule has 5 nitrogen and oxygen atoms in total. The summed E-state index contributed by atoms with van der Waals surface area (Å²) < 4.78 is 0. The number of benzene rings is 1. The molecule has 2 heterocycles. The highest BCUT2D eigenvalue weighted by atomic mass is 16.4. The summed E-state index contributed by atoms with van der Waals surface area (Å²) in [4.78, 5) is 22.3. The number of aliphatic carboxylic acids is 1. The van der Waals surface area contributed by atoms with Crippen molar-refractivity contribution in [2.75, 3.05) is 0 Å². The van der Waals surface area contributed by atoms with Crippen LogP contribution in [0.4, 0.5) is 0 Å². The third-order valence-corrected chi connectivity index (χ3v) is 2.86. The molecule has 0 atom stereocenters. The van der Waals surface area contributed by atoms with Gasteiger partial charge in [-0.2, -0.15) is 0 Å². The summed E-state index contributed by atoms with van der Waals surface area (Å²) in [6.07, 6.45) is 6.11. The van der Waals surface area contributed by atoms with Gasteiger partial charge in [0.05, 0.1) is 11.0 Å². The van der Waals surface area contributed by atoms with Crippen LogP contribution in [0.25, 0.3) is 28.5 Å². The fraction of sp³-hybridized carbons (Fsp3) is 0. The number of pyridine rings is 1. The minimum Gasteiger partial charge on any atom is -0.478 e. The molecule has 0 bridgehead atoms. The zero-order valence-electron chi connectivity index (χ0n) is 10.4. The van der Waals surface area contributed by atoms with E-state index in [1.165, 1.54) is 0 Å². The number of carboxylic acids is 1. The van der Waals surface area contributed by atoms with E-state index >= 15 is 0 Å². The molecule has 0 unspecified atom stereocenters. The Hall–Kier alpha value is -2.95. The molecule has 0 aliphatic heterocycles. The van der Waals surface area contributed by atoms with Crippen LogP contribution in [0.3, 0.4) is 0 Å². The lowest BCUT2D eigenvalue weighted by atomic mass is 10.2. The van der Waals surface area contributed by atoms with Crippen LogP contribution in [0.5, 0.6) is 0 Å². The first-order chi connectivity index (χ1) is 9.72. The van der Waals surface area contributed by atoms with Gasteiger partial charge >= 0.3 is 5.97 Å². The SMILES string of the molecule is O=C(O)/C=C/c1ccc2nc(-c3cccnc3)[nH]c2c1. The van der Waals surface area contributed by atoms with Gasteiger partial charge in [-0.1, -0.05) is 6.07 Å². The molecule has 0 aliphatic rings. The summed E-state index contributed by atoms with van der Waals surface area (Å²) in [5.74, 6) is -0.224. The van der Waals surface area contributed by atoms with Crippen LogP contribution in [-0.2, 0) is 4.79 Å². The number of nitrogens with zero attached hydrogens (tertiary/aromatic N) is 2. The largest absolute Gasteiger partial charge is 0.478 e. The van der Waals surface area contributed by atoms with Crippen molar-refractivity contribution in [2.45, 2.75) is 0 Å². The van der Waals surface area contributed by atoms with E-state index < -0.39 is 5.97 Å². The Balaban J connectivity index is 2.02. The topological polar surface area (TPSA) is 78.9 Å². The number of aromatic amines is 1. The average molecular weight is 265 g/mol. The monoisotopic (exact) mass is 265 g/mol. The van der Waals surface area contributed by atoms with E-state index in [0.717, 1.165) is 34.1 Å². The van der Waals surface area contributed by atoms with Gasteiger partial charge in [0.1, 0.15) is 5.82 Å². The van der Waals surface area contributed by atoms with Crippen molar-refractivity contribution in [3.63, 3.8) is 0 Å². The molecule has 0 spiro atoms. The Labute approximate surface area is 114 Å². The zero-order chi connectivity index (χ0) is 13.9. The van der Waals surface area contributed by atoms with Crippen LogP contribution >= 0.6 is 0 Å². The molecule has 0 saturated heterocycles. The number of imidazole rings is 1. The van der Waals surface area contributed by atoms with Crippen molar-refractivity contribution in [2.24, 2.45) is 0 Å². The van der Waals surface area contributed by atoms with Gasteiger partial charge in [0.2, 0.25) is 0 Å². The lowest BCUT2D eigenvalue weighted by molar-refractivity contribution is -0.131. The van der Waals surface area contributed by atoms with E-state index in [9.17, 15) is 4.79 Å². The van der Waals surface area contributed by atoms with Crippen LogP contribution < -0.4 is 0 Å². The predicted octanol–water partition coefficient (Wildman–Crippen LogP) is 2.72. The number of hydrogen-bond acceptors (Lipinski definition) is 3.